The number of rotatable bonds is 4. The third-order valence-electron chi connectivity index (χ3n) is 1.81. The Morgan fingerprint density at radius 1 is 1.36 bits per heavy atom. The van der Waals surface area contributed by atoms with E-state index in [1.807, 2.05) is 24.3 Å². The lowest BCUT2D eigenvalue weighted by Crippen LogP contribution is -2.05. The molecule has 0 fully saturated rings. The van der Waals surface area contributed by atoms with Crippen LogP contribution in [0.25, 0.3) is 0 Å². The summed E-state index contributed by atoms with van der Waals surface area (Å²) >= 11 is 0. The Hall–Kier alpha value is -1.77. The lowest BCUT2D eigenvalue weighted by atomic mass is 10.2. The Morgan fingerprint density at radius 2 is 1.93 bits per heavy atom. The van der Waals surface area contributed by atoms with Gasteiger partial charge in [0.15, 0.2) is 5.78 Å². The predicted molar refractivity (Wildman–Crippen MR) is 56.4 cm³/mol. The van der Waals surface area contributed by atoms with Gasteiger partial charge in [0.2, 0.25) is 0 Å². The van der Waals surface area contributed by atoms with E-state index in [0.29, 0.717) is 5.70 Å². The van der Waals surface area contributed by atoms with Crippen molar-refractivity contribution >= 4 is 11.5 Å². The van der Waals surface area contributed by atoms with Crippen LogP contribution in [0.5, 0.6) is 5.75 Å². The summed E-state index contributed by atoms with van der Waals surface area (Å²) in [7, 11) is 1.61. The average Bonchev–Trinajstić information content (AvgIpc) is 2.19. The van der Waals surface area contributed by atoms with E-state index in [0.717, 1.165) is 11.4 Å². The number of nitrogens with one attached hydrogen (secondary N) is 1. The van der Waals surface area contributed by atoms with Crippen LogP contribution in [-0.4, -0.2) is 12.9 Å². The standard InChI is InChI=1S/C11H13NO2/c1-8(9(2)13)12-10-4-6-11(14-3)7-5-10/h4-7,12H,1H2,2-3H3. The number of ketones is 1. The molecule has 0 aliphatic rings. The molecule has 0 heterocycles. The first-order chi connectivity index (χ1) is 6.63. The van der Waals surface area contributed by atoms with Crippen molar-refractivity contribution in [3.8, 4) is 5.75 Å². The van der Waals surface area contributed by atoms with Gasteiger partial charge in [0.05, 0.1) is 12.8 Å². The molecular weight excluding hydrogens is 178 g/mol. The van der Waals surface area contributed by atoms with Crippen LogP contribution in [-0.2, 0) is 4.79 Å². The molecule has 0 aliphatic carbocycles. The third-order valence-corrected chi connectivity index (χ3v) is 1.81. The topological polar surface area (TPSA) is 38.3 Å². The predicted octanol–water partition coefficient (Wildman–Crippen LogP) is 2.21. The summed E-state index contributed by atoms with van der Waals surface area (Å²) in [4.78, 5) is 10.9. The van der Waals surface area contributed by atoms with Crippen LogP contribution in [0, 0.1) is 0 Å². The Balaban J connectivity index is 2.69. The molecule has 0 amide bonds. The van der Waals surface area contributed by atoms with E-state index in [1.54, 1.807) is 7.11 Å². The van der Waals surface area contributed by atoms with Gasteiger partial charge in [-0.05, 0) is 24.3 Å². The van der Waals surface area contributed by atoms with Crippen LogP contribution in [0.2, 0.25) is 0 Å². The van der Waals surface area contributed by atoms with Gasteiger partial charge < -0.3 is 10.1 Å². The number of benzene rings is 1. The fourth-order valence-corrected chi connectivity index (χ4v) is 0.937. The summed E-state index contributed by atoms with van der Waals surface area (Å²) in [6, 6.07) is 7.28. The fourth-order valence-electron chi connectivity index (χ4n) is 0.937. The number of hydrogen-bond acceptors (Lipinski definition) is 3. The van der Waals surface area contributed by atoms with Crippen LogP contribution in [0.3, 0.4) is 0 Å². The van der Waals surface area contributed by atoms with E-state index >= 15 is 0 Å². The zero-order valence-electron chi connectivity index (χ0n) is 8.33. The molecule has 1 aromatic rings. The molecule has 1 N–H and O–H groups in total. The molecule has 1 rings (SSSR count). The van der Waals surface area contributed by atoms with Crippen LogP contribution >= 0.6 is 0 Å². The lowest BCUT2D eigenvalue weighted by Gasteiger charge is -2.06. The zero-order chi connectivity index (χ0) is 10.6. The van der Waals surface area contributed by atoms with E-state index in [2.05, 4.69) is 11.9 Å². The number of carbonyl (C=O) groups excluding carboxylic acids is 1. The molecule has 3 heteroatoms. The first-order valence-corrected chi connectivity index (χ1v) is 4.24. The van der Waals surface area contributed by atoms with Crippen molar-refractivity contribution in [2.45, 2.75) is 6.92 Å². The van der Waals surface area contributed by atoms with E-state index in [4.69, 9.17) is 4.74 Å². The minimum Gasteiger partial charge on any atom is -0.497 e. The highest BCUT2D eigenvalue weighted by Crippen LogP contribution is 2.16. The SMILES string of the molecule is C=C(Nc1ccc(OC)cc1)C(C)=O. The average molecular weight is 191 g/mol. The van der Waals surface area contributed by atoms with Gasteiger partial charge in [0.1, 0.15) is 5.75 Å². The summed E-state index contributed by atoms with van der Waals surface area (Å²) < 4.78 is 5.00. The maximum atomic E-state index is 10.9. The molecule has 0 saturated heterocycles. The van der Waals surface area contributed by atoms with Gasteiger partial charge in [-0.2, -0.15) is 0 Å². The van der Waals surface area contributed by atoms with Crippen molar-refractivity contribution in [3.63, 3.8) is 0 Å². The molecule has 0 radical (unpaired) electrons. The number of hydrogen-bond donors (Lipinski definition) is 1. The third kappa shape index (κ3) is 2.62. The molecule has 14 heavy (non-hydrogen) atoms. The van der Waals surface area contributed by atoms with Crippen LogP contribution in [0.15, 0.2) is 36.5 Å². The van der Waals surface area contributed by atoms with Crippen molar-refractivity contribution in [1.29, 1.82) is 0 Å². The van der Waals surface area contributed by atoms with Gasteiger partial charge in [0.25, 0.3) is 0 Å². The van der Waals surface area contributed by atoms with Gasteiger partial charge in [0, 0.05) is 12.6 Å². The molecule has 3 nitrogen and oxygen atoms in total. The van der Waals surface area contributed by atoms with E-state index < -0.39 is 0 Å². The summed E-state index contributed by atoms with van der Waals surface area (Å²) in [5.41, 5.74) is 1.21. The Kier molecular flexibility index (Phi) is 3.29. The second-order valence-corrected chi connectivity index (χ2v) is 2.89. The first-order valence-electron chi connectivity index (χ1n) is 4.24. The quantitative estimate of drug-likeness (QED) is 0.741. The second kappa shape index (κ2) is 4.46. The fraction of sp³-hybridized carbons (Fsp3) is 0.182. The highest BCUT2D eigenvalue weighted by atomic mass is 16.5. The normalized spacial score (nSPS) is 9.29. The molecule has 0 aliphatic heterocycles. The van der Waals surface area contributed by atoms with E-state index in [1.165, 1.54) is 6.92 Å². The molecule has 0 bridgehead atoms. The van der Waals surface area contributed by atoms with Crippen LogP contribution < -0.4 is 10.1 Å². The number of ether oxygens (including phenoxy) is 1. The van der Waals surface area contributed by atoms with Gasteiger partial charge >= 0.3 is 0 Å². The highest BCUT2D eigenvalue weighted by Gasteiger charge is 2.00. The minimum absolute atomic E-state index is 0.0687. The number of allylic oxidation sites excluding steroid dienone is 1. The number of carbonyl (C=O) groups is 1. The Bertz CT molecular complexity index is 341. The Labute approximate surface area is 83.4 Å². The maximum absolute atomic E-state index is 10.9. The van der Waals surface area contributed by atoms with Gasteiger partial charge in [-0.15, -0.1) is 0 Å². The van der Waals surface area contributed by atoms with Crippen molar-refractivity contribution in [3.05, 3.63) is 36.5 Å². The minimum atomic E-state index is -0.0687. The summed E-state index contributed by atoms with van der Waals surface area (Å²) in [6.45, 7) is 5.07. The molecule has 74 valence electrons. The highest BCUT2D eigenvalue weighted by molar-refractivity contribution is 5.95. The number of anilines is 1. The summed E-state index contributed by atoms with van der Waals surface area (Å²) in [6.07, 6.45) is 0. The zero-order valence-corrected chi connectivity index (χ0v) is 8.33. The van der Waals surface area contributed by atoms with E-state index in [-0.39, 0.29) is 5.78 Å². The van der Waals surface area contributed by atoms with Crippen molar-refractivity contribution in [2.75, 3.05) is 12.4 Å². The molecule has 0 unspecified atom stereocenters. The molecular formula is C11H13NO2. The van der Waals surface area contributed by atoms with Gasteiger partial charge in [-0.1, -0.05) is 6.58 Å². The van der Waals surface area contributed by atoms with Crippen molar-refractivity contribution in [1.82, 2.24) is 0 Å². The molecule has 1 aromatic carbocycles. The summed E-state index contributed by atoms with van der Waals surface area (Å²) in [5, 5.41) is 2.89. The maximum Gasteiger partial charge on any atom is 0.175 e. The van der Waals surface area contributed by atoms with Crippen LogP contribution in [0.4, 0.5) is 5.69 Å². The molecule has 0 atom stereocenters. The van der Waals surface area contributed by atoms with Gasteiger partial charge in [-0.3, -0.25) is 4.79 Å². The lowest BCUT2D eigenvalue weighted by molar-refractivity contribution is -0.113. The second-order valence-electron chi connectivity index (χ2n) is 2.89. The van der Waals surface area contributed by atoms with E-state index in [9.17, 15) is 4.79 Å². The number of Topliss-reactive ketones (excluding diaryl/α,β-unsaturated/α-hetero) is 1. The molecule has 0 spiro atoms. The van der Waals surface area contributed by atoms with Crippen molar-refractivity contribution in [2.24, 2.45) is 0 Å². The molecule has 0 saturated carbocycles. The van der Waals surface area contributed by atoms with Crippen LogP contribution in [0.1, 0.15) is 6.92 Å². The Morgan fingerprint density at radius 3 is 2.36 bits per heavy atom. The smallest absolute Gasteiger partial charge is 0.175 e. The monoisotopic (exact) mass is 191 g/mol. The molecule has 0 aromatic heterocycles. The van der Waals surface area contributed by atoms with Crippen molar-refractivity contribution < 1.29 is 9.53 Å². The summed E-state index contributed by atoms with van der Waals surface area (Å²) in [5.74, 6) is 0.713. The largest absolute Gasteiger partial charge is 0.497 e. The van der Waals surface area contributed by atoms with Gasteiger partial charge in [-0.25, -0.2) is 0 Å². The number of methoxy groups -OCH3 is 1. The first kappa shape index (κ1) is 10.3.